The lowest BCUT2D eigenvalue weighted by molar-refractivity contribution is 0.265. The lowest BCUT2D eigenvalue weighted by Crippen LogP contribution is -2.55. The van der Waals surface area contributed by atoms with Crippen molar-refractivity contribution in [3.63, 3.8) is 0 Å². The standard InChI is InChI=1S/C15H25N3/c1-12-6-5-7-15(13(12)2)18-9-8-17(4)11-14(18)10-16-3/h5-7,14,16H,8-11H2,1-4H3. The van der Waals surface area contributed by atoms with Gasteiger partial charge in [0.2, 0.25) is 0 Å². The predicted molar refractivity (Wildman–Crippen MR) is 78.5 cm³/mol. The number of benzene rings is 1. The topological polar surface area (TPSA) is 18.5 Å². The van der Waals surface area contributed by atoms with Crippen LogP contribution in [-0.2, 0) is 0 Å². The number of rotatable bonds is 3. The molecule has 0 radical (unpaired) electrons. The second-order valence-electron chi connectivity index (χ2n) is 5.39. The number of likely N-dealkylation sites (N-methyl/N-ethyl adjacent to an activating group) is 2. The molecule has 1 aromatic carbocycles. The molecule has 1 aliphatic heterocycles. The Balaban J connectivity index is 2.26. The quantitative estimate of drug-likeness (QED) is 0.876. The number of hydrogen-bond acceptors (Lipinski definition) is 3. The first-order chi connectivity index (χ1) is 8.63. The average Bonchev–Trinajstić information content (AvgIpc) is 2.34. The van der Waals surface area contributed by atoms with Gasteiger partial charge in [0.15, 0.2) is 0 Å². The van der Waals surface area contributed by atoms with Gasteiger partial charge in [-0.05, 0) is 45.1 Å². The largest absolute Gasteiger partial charge is 0.364 e. The van der Waals surface area contributed by atoms with Crippen molar-refractivity contribution in [2.24, 2.45) is 0 Å². The normalized spacial score (nSPS) is 21.3. The van der Waals surface area contributed by atoms with Crippen molar-refractivity contribution in [2.45, 2.75) is 19.9 Å². The second-order valence-corrected chi connectivity index (χ2v) is 5.39. The molecule has 1 aliphatic rings. The number of nitrogens with zero attached hydrogens (tertiary/aromatic N) is 2. The van der Waals surface area contributed by atoms with Crippen molar-refractivity contribution in [1.29, 1.82) is 0 Å². The molecule has 3 heteroatoms. The molecule has 3 nitrogen and oxygen atoms in total. The Bertz CT molecular complexity index is 403. The van der Waals surface area contributed by atoms with Gasteiger partial charge in [-0.25, -0.2) is 0 Å². The van der Waals surface area contributed by atoms with Gasteiger partial charge in [0, 0.05) is 31.9 Å². The Morgan fingerprint density at radius 1 is 1.28 bits per heavy atom. The maximum atomic E-state index is 3.32. The van der Waals surface area contributed by atoms with E-state index in [0.29, 0.717) is 6.04 Å². The highest BCUT2D eigenvalue weighted by Gasteiger charge is 2.25. The first-order valence-electron chi connectivity index (χ1n) is 6.79. The zero-order chi connectivity index (χ0) is 13.1. The van der Waals surface area contributed by atoms with Crippen molar-refractivity contribution in [3.05, 3.63) is 29.3 Å². The van der Waals surface area contributed by atoms with Crippen molar-refractivity contribution >= 4 is 5.69 Å². The first kappa shape index (κ1) is 13.4. The summed E-state index contributed by atoms with van der Waals surface area (Å²) < 4.78 is 0. The van der Waals surface area contributed by atoms with Crippen molar-refractivity contribution in [1.82, 2.24) is 10.2 Å². The minimum absolute atomic E-state index is 0.564. The third-order valence-electron chi connectivity index (χ3n) is 4.01. The first-order valence-corrected chi connectivity index (χ1v) is 6.79. The molecule has 100 valence electrons. The fraction of sp³-hybridized carbons (Fsp3) is 0.600. The van der Waals surface area contributed by atoms with Crippen molar-refractivity contribution in [3.8, 4) is 0 Å². The Kier molecular flexibility index (Phi) is 4.25. The van der Waals surface area contributed by atoms with E-state index in [2.05, 4.69) is 54.2 Å². The summed E-state index contributed by atoms with van der Waals surface area (Å²) >= 11 is 0. The molecular formula is C15H25N3. The van der Waals surface area contributed by atoms with E-state index in [1.165, 1.54) is 16.8 Å². The highest BCUT2D eigenvalue weighted by molar-refractivity contribution is 5.57. The predicted octanol–water partition coefficient (Wildman–Crippen LogP) is 1.64. The van der Waals surface area contributed by atoms with Gasteiger partial charge in [-0.2, -0.15) is 0 Å². The average molecular weight is 247 g/mol. The minimum atomic E-state index is 0.564. The molecule has 2 rings (SSSR count). The van der Waals surface area contributed by atoms with E-state index in [9.17, 15) is 0 Å². The number of hydrogen-bond donors (Lipinski definition) is 1. The van der Waals surface area contributed by atoms with Crippen LogP contribution in [0.15, 0.2) is 18.2 Å². The molecule has 1 saturated heterocycles. The molecule has 0 aromatic heterocycles. The molecule has 18 heavy (non-hydrogen) atoms. The highest BCUT2D eigenvalue weighted by atomic mass is 15.3. The maximum Gasteiger partial charge on any atom is 0.0541 e. The van der Waals surface area contributed by atoms with Gasteiger partial charge in [-0.1, -0.05) is 12.1 Å². The van der Waals surface area contributed by atoms with E-state index in [0.717, 1.165) is 26.2 Å². The zero-order valence-corrected chi connectivity index (χ0v) is 12.0. The van der Waals surface area contributed by atoms with Gasteiger partial charge < -0.3 is 15.1 Å². The summed E-state index contributed by atoms with van der Waals surface area (Å²) in [5.74, 6) is 0. The fourth-order valence-electron chi connectivity index (χ4n) is 2.78. The van der Waals surface area contributed by atoms with Crippen LogP contribution < -0.4 is 10.2 Å². The molecule has 1 N–H and O–H groups in total. The molecule has 0 amide bonds. The van der Waals surface area contributed by atoms with Crippen molar-refractivity contribution < 1.29 is 0 Å². The van der Waals surface area contributed by atoms with E-state index in [-0.39, 0.29) is 0 Å². The van der Waals surface area contributed by atoms with Crippen LogP contribution in [0, 0.1) is 13.8 Å². The van der Waals surface area contributed by atoms with Crippen LogP contribution in [0.2, 0.25) is 0 Å². The summed E-state index contributed by atoms with van der Waals surface area (Å²) in [6, 6.07) is 7.19. The summed E-state index contributed by atoms with van der Waals surface area (Å²) in [5.41, 5.74) is 4.21. The lowest BCUT2D eigenvalue weighted by Gasteiger charge is -2.42. The van der Waals surface area contributed by atoms with Gasteiger partial charge >= 0.3 is 0 Å². The Labute approximate surface area is 111 Å². The van der Waals surface area contributed by atoms with Crippen LogP contribution in [0.3, 0.4) is 0 Å². The van der Waals surface area contributed by atoms with Gasteiger partial charge in [0.05, 0.1) is 6.04 Å². The van der Waals surface area contributed by atoms with Crippen molar-refractivity contribution in [2.75, 3.05) is 45.2 Å². The third-order valence-corrected chi connectivity index (χ3v) is 4.01. The summed E-state index contributed by atoms with van der Waals surface area (Å²) in [5, 5.41) is 3.32. The summed E-state index contributed by atoms with van der Waals surface area (Å²) in [7, 11) is 4.25. The van der Waals surface area contributed by atoms with Crippen LogP contribution in [0.4, 0.5) is 5.69 Å². The van der Waals surface area contributed by atoms with Crippen LogP contribution in [0.1, 0.15) is 11.1 Å². The SMILES string of the molecule is CNCC1CN(C)CCN1c1cccc(C)c1C. The third kappa shape index (κ3) is 2.68. The molecule has 1 unspecified atom stereocenters. The molecule has 1 fully saturated rings. The number of anilines is 1. The maximum absolute atomic E-state index is 3.32. The van der Waals surface area contributed by atoms with E-state index >= 15 is 0 Å². The molecule has 1 aromatic rings. The van der Waals surface area contributed by atoms with Crippen LogP contribution in [-0.4, -0.2) is 51.2 Å². The van der Waals surface area contributed by atoms with Gasteiger partial charge in [0.25, 0.3) is 0 Å². The van der Waals surface area contributed by atoms with E-state index in [1.807, 2.05) is 7.05 Å². The Hall–Kier alpha value is -1.06. The molecular weight excluding hydrogens is 222 g/mol. The Morgan fingerprint density at radius 3 is 2.78 bits per heavy atom. The van der Waals surface area contributed by atoms with E-state index in [4.69, 9.17) is 0 Å². The zero-order valence-electron chi connectivity index (χ0n) is 12.0. The number of nitrogens with one attached hydrogen (secondary N) is 1. The number of piperazine rings is 1. The molecule has 0 spiro atoms. The lowest BCUT2D eigenvalue weighted by atomic mass is 10.0. The molecule has 1 atom stereocenters. The van der Waals surface area contributed by atoms with Crippen LogP contribution in [0.25, 0.3) is 0 Å². The number of aryl methyl sites for hydroxylation is 1. The van der Waals surface area contributed by atoms with E-state index < -0.39 is 0 Å². The summed E-state index contributed by atoms with van der Waals surface area (Å²) in [6.07, 6.45) is 0. The van der Waals surface area contributed by atoms with Crippen LogP contribution in [0.5, 0.6) is 0 Å². The summed E-state index contributed by atoms with van der Waals surface area (Å²) in [6.45, 7) is 8.87. The highest BCUT2D eigenvalue weighted by Crippen LogP contribution is 2.26. The second kappa shape index (κ2) is 5.72. The minimum Gasteiger partial charge on any atom is -0.364 e. The monoisotopic (exact) mass is 247 g/mol. The summed E-state index contributed by atoms with van der Waals surface area (Å²) in [4.78, 5) is 4.99. The molecule has 0 aliphatic carbocycles. The molecule has 0 saturated carbocycles. The van der Waals surface area contributed by atoms with Gasteiger partial charge in [-0.15, -0.1) is 0 Å². The molecule has 1 heterocycles. The Morgan fingerprint density at radius 2 is 2.06 bits per heavy atom. The fourth-order valence-corrected chi connectivity index (χ4v) is 2.78. The van der Waals surface area contributed by atoms with Crippen LogP contribution >= 0.6 is 0 Å². The molecule has 0 bridgehead atoms. The van der Waals surface area contributed by atoms with Gasteiger partial charge in [0.1, 0.15) is 0 Å². The van der Waals surface area contributed by atoms with E-state index in [1.54, 1.807) is 0 Å². The smallest absolute Gasteiger partial charge is 0.0541 e. The van der Waals surface area contributed by atoms with Gasteiger partial charge in [-0.3, -0.25) is 0 Å².